The predicted molar refractivity (Wildman–Crippen MR) is 75.3 cm³/mol. The number of halogens is 1. The predicted octanol–water partition coefficient (Wildman–Crippen LogP) is 3.79. The van der Waals surface area contributed by atoms with Crippen LogP contribution < -0.4 is 0 Å². The molecule has 0 aliphatic rings. The summed E-state index contributed by atoms with van der Waals surface area (Å²) in [6.07, 6.45) is 5.75. The van der Waals surface area contributed by atoms with Gasteiger partial charge in [0.25, 0.3) is 0 Å². The molecule has 0 fully saturated rings. The maximum absolute atomic E-state index is 11.4. The molecule has 1 aromatic carbocycles. The molecule has 0 N–H and O–H groups in total. The van der Waals surface area contributed by atoms with Gasteiger partial charge in [0.2, 0.25) is 0 Å². The summed E-state index contributed by atoms with van der Waals surface area (Å²) >= 11 is 3.44. The van der Waals surface area contributed by atoms with E-state index in [1.807, 2.05) is 24.4 Å². The maximum Gasteiger partial charge on any atom is 0.160 e. The van der Waals surface area contributed by atoms with Crippen LogP contribution in [0.5, 0.6) is 0 Å². The van der Waals surface area contributed by atoms with E-state index in [1.54, 1.807) is 13.1 Å². The summed E-state index contributed by atoms with van der Waals surface area (Å²) in [4.78, 5) is 15.7. The zero-order valence-corrected chi connectivity index (χ0v) is 12.1. The summed E-state index contributed by atoms with van der Waals surface area (Å²) in [5, 5.41) is 0. The van der Waals surface area contributed by atoms with Crippen molar-refractivity contribution in [3.05, 3.63) is 46.5 Å². The third-order valence-corrected chi connectivity index (χ3v) is 3.46. The lowest BCUT2D eigenvalue weighted by atomic mass is 10.1. The molecule has 0 bridgehead atoms. The minimum atomic E-state index is 0.0628. The Morgan fingerprint density at radius 2 is 2.22 bits per heavy atom. The van der Waals surface area contributed by atoms with Gasteiger partial charge in [0.05, 0.1) is 0 Å². The molecule has 0 saturated heterocycles. The van der Waals surface area contributed by atoms with E-state index in [9.17, 15) is 4.79 Å². The van der Waals surface area contributed by atoms with E-state index >= 15 is 0 Å². The van der Waals surface area contributed by atoms with Crippen molar-refractivity contribution < 1.29 is 4.79 Å². The molecular formula is C14H15BrN2O. The molecule has 0 radical (unpaired) electrons. The molecule has 0 atom stereocenters. The highest BCUT2D eigenvalue weighted by Crippen LogP contribution is 2.22. The second-order valence-corrected chi connectivity index (χ2v) is 5.04. The SMILES string of the molecule is CCCc1nccn1-c1ccc(C(C)=O)c(Br)c1. The van der Waals surface area contributed by atoms with Crippen molar-refractivity contribution in [2.24, 2.45) is 0 Å². The van der Waals surface area contributed by atoms with E-state index in [2.05, 4.69) is 32.4 Å². The van der Waals surface area contributed by atoms with Crippen molar-refractivity contribution in [2.75, 3.05) is 0 Å². The normalized spacial score (nSPS) is 10.6. The number of hydrogen-bond donors (Lipinski definition) is 0. The summed E-state index contributed by atoms with van der Waals surface area (Å²) in [6, 6.07) is 5.75. The number of carbonyl (C=O) groups is 1. The number of benzene rings is 1. The second-order valence-electron chi connectivity index (χ2n) is 4.18. The number of carbonyl (C=O) groups excluding carboxylic acids is 1. The number of rotatable bonds is 4. The summed E-state index contributed by atoms with van der Waals surface area (Å²) < 4.78 is 2.88. The molecule has 3 nitrogen and oxygen atoms in total. The molecule has 0 amide bonds. The van der Waals surface area contributed by atoms with Gasteiger partial charge in [0.15, 0.2) is 5.78 Å². The van der Waals surface area contributed by atoms with Gasteiger partial charge >= 0.3 is 0 Å². The van der Waals surface area contributed by atoms with Crippen molar-refractivity contribution in [3.63, 3.8) is 0 Å². The Kier molecular flexibility index (Phi) is 3.97. The fourth-order valence-electron chi connectivity index (χ4n) is 1.92. The molecule has 4 heteroatoms. The van der Waals surface area contributed by atoms with Gasteiger partial charge < -0.3 is 4.57 Å². The van der Waals surface area contributed by atoms with Crippen LogP contribution in [0, 0.1) is 0 Å². The van der Waals surface area contributed by atoms with E-state index < -0.39 is 0 Å². The number of aromatic nitrogens is 2. The van der Waals surface area contributed by atoms with Gasteiger partial charge in [-0.2, -0.15) is 0 Å². The average molecular weight is 307 g/mol. The number of ketones is 1. The lowest BCUT2D eigenvalue weighted by Crippen LogP contribution is -2.02. The highest BCUT2D eigenvalue weighted by Gasteiger charge is 2.09. The van der Waals surface area contributed by atoms with E-state index in [0.29, 0.717) is 5.56 Å². The smallest absolute Gasteiger partial charge is 0.160 e. The van der Waals surface area contributed by atoms with E-state index in [4.69, 9.17) is 0 Å². The van der Waals surface area contributed by atoms with Crippen LogP contribution in [0.25, 0.3) is 5.69 Å². The van der Waals surface area contributed by atoms with Crippen LogP contribution in [0.1, 0.15) is 36.5 Å². The van der Waals surface area contributed by atoms with Gasteiger partial charge in [-0.3, -0.25) is 4.79 Å². The molecule has 0 aliphatic heterocycles. The number of imidazole rings is 1. The van der Waals surface area contributed by atoms with Crippen LogP contribution in [0.4, 0.5) is 0 Å². The number of aryl methyl sites for hydroxylation is 1. The van der Waals surface area contributed by atoms with Crippen LogP contribution in [0.15, 0.2) is 35.1 Å². The minimum Gasteiger partial charge on any atom is -0.304 e. The van der Waals surface area contributed by atoms with Crippen LogP contribution >= 0.6 is 15.9 Å². The third kappa shape index (κ3) is 2.53. The first-order valence-corrected chi connectivity index (χ1v) is 6.76. The highest BCUT2D eigenvalue weighted by molar-refractivity contribution is 9.10. The Bertz CT molecular complexity index is 575. The molecule has 0 spiro atoms. The van der Waals surface area contributed by atoms with Gasteiger partial charge in [0, 0.05) is 34.5 Å². The Labute approximate surface area is 115 Å². The Balaban J connectivity index is 2.42. The second kappa shape index (κ2) is 5.48. The standard InChI is InChI=1S/C14H15BrN2O/c1-3-4-14-16-7-8-17(14)11-5-6-12(10(2)18)13(15)9-11/h5-9H,3-4H2,1-2H3. The van der Waals surface area contributed by atoms with Crippen LogP contribution in [-0.4, -0.2) is 15.3 Å². The summed E-state index contributed by atoms with van der Waals surface area (Å²) in [7, 11) is 0. The average Bonchev–Trinajstić information content (AvgIpc) is 2.77. The highest BCUT2D eigenvalue weighted by atomic mass is 79.9. The van der Waals surface area contributed by atoms with Crippen LogP contribution in [-0.2, 0) is 6.42 Å². The summed E-state index contributed by atoms with van der Waals surface area (Å²) in [5.74, 6) is 1.10. The van der Waals surface area contributed by atoms with Crippen molar-refractivity contribution in [1.29, 1.82) is 0 Å². The monoisotopic (exact) mass is 306 g/mol. The summed E-state index contributed by atoms with van der Waals surface area (Å²) in [6.45, 7) is 3.70. The van der Waals surface area contributed by atoms with Crippen LogP contribution in [0.2, 0.25) is 0 Å². The van der Waals surface area contributed by atoms with E-state index in [-0.39, 0.29) is 5.78 Å². The molecule has 2 rings (SSSR count). The third-order valence-electron chi connectivity index (χ3n) is 2.80. The molecule has 1 heterocycles. The number of Topliss-reactive ketones (excluding diaryl/α,β-unsaturated/α-hetero) is 1. The topological polar surface area (TPSA) is 34.9 Å². The Morgan fingerprint density at radius 3 is 2.83 bits per heavy atom. The van der Waals surface area contributed by atoms with Crippen molar-refractivity contribution in [2.45, 2.75) is 26.7 Å². The maximum atomic E-state index is 11.4. The molecule has 2 aromatic rings. The zero-order chi connectivity index (χ0) is 13.1. The van der Waals surface area contributed by atoms with Gasteiger partial charge in [0.1, 0.15) is 5.82 Å². The number of hydrogen-bond acceptors (Lipinski definition) is 2. The minimum absolute atomic E-state index is 0.0628. The molecule has 1 aromatic heterocycles. The molecule has 94 valence electrons. The van der Waals surface area contributed by atoms with Crippen molar-refractivity contribution >= 4 is 21.7 Å². The molecule has 18 heavy (non-hydrogen) atoms. The van der Waals surface area contributed by atoms with Gasteiger partial charge in [-0.05, 0) is 47.5 Å². The zero-order valence-electron chi connectivity index (χ0n) is 10.5. The summed E-state index contributed by atoms with van der Waals surface area (Å²) in [5.41, 5.74) is 1.73. The largest absolute Gasteiger partial charge is 0.304 e. The number of nitrogens with zero attached hydrogens (tertiary/aromatic N) is 2. The molecular weight excluding hydrogens is 292 g/mol. The fourth-order valence-corrected chi connectivity index (χ4v) is 2.56. The van der Waals surface area contributed by atoms with E-state index in [1.165, 1.54) is 0 Å². The van der Waals surface area contributed by atoms with Gasteiger partial charge in [-0.15, -0.1) is 0 Å². The lowest BCUT2D eigenvalue weighted by molar-refractivity contribution is 0.101. The van der Waals surface area contributed by atoms with Crippen LogP contribution in [0.3, 0.4) is 0 Å². The van der Waals surface area contributed by atoms with Gasteiger partial charge in [-0.1, -0.05) is 6.92 Å². The lowest BCUT2D eigenvalue weighted by Gasteiger charge is -2.09. The Hall–Kier alpha value is -1.42. The quantitative estimate of drug-likeness (QED) is 0.806. The van der Waals surface area contributed by atoms with Crippen molar-refractivity contribution in [3.8, 4) is 5.69 Å². The Morgan fingerprint density at radius 1 is 1.44 bits per heavy atom. The molecule has 0 unspecified atom stereocenters. The van der Waals surface area contributed by atoms with Crippen molar-refractivity contribution in [1.82, 2.24) is 9.55 Å². The van der Waals surface area contributed by atoms with Gasteiger partial charge in [-0.25, -0.2) is 4.98 Å². The first-order chi connectivity index (χ1) is 8.63. The fraction of sp³-hybridized carbons (Fsp3) is 0.286. The first kappa shape index (κ1) is 13.0. The first-order valence-electron chi connectivity index (χ1n) is 5.96. The van der Waals surface area contributed by atoms with E-state index in [0.717, 1.165) is 28.8 Å². The molecule has 0 saturated carbocycles. The molecule has 0 aliphatic carbocycles.